The van der Waals surface area contributed by atoms with Crippen molar-refractivity contribution in [3.63, 3.8) is 0 Å². The number of rotatable bonds is 5. The van der Waals surface area contributed by atoms with Gasteiger partial charge in [-0.2, -0.15) is 0 Å². The SMILES string of the molecule is Cc1c(CC(=O)NC[C@H](C)O)c(=O)oc2cc3occ(-c4ccc(Cl)cc4)c3cc12. The number of aliphatic hydroxyl groups is 1. The molecule has 0 aliphatic carbocycles. The molecule has 154 valence electrons. The van der Waals surface area contributed by atoms with E-state index in [9.17, 15) is 14.7 Å². The molecule has 7 heteroatoms. The van der Waals surface area contributed by atoms with Gasteiger partial charge in [0.25, 0.3) is 0 Å². The van der Waals surface area contributed by atoms with Crippen molar-refractivity contribution in [2.24, 2.45) is 0 Å². The number of hydrogen-bond donors (Lipinski definition) is 2. The second kappa shape index (κ2) is 7.97. The highest BCUT2D eigenvalue weighted by molar-refractivity contribution is 6.30. The summed E-state index contributed by atoms with van der Waals surface area (Å²) >= 11 is 5.99. The van der Waals surface area contributed by atoms with Crippen molar-refractivity contribution in [1.82, 2.24) is 5.32 Å². The van der Waals surface area contributed by atoms with Crippen LogP contribution in [-0.4, -0.2) is 23.7 Å². The van der Waals surface area contributed by atoms with Crippen LogP contribution in [0.4, 0.5) is 0 Å². The van der Waals surface area contributed by atoms with E-state index in [-0.39, 0.29) is 18.9 Å². The van der Waals surface area contributed by atoms with E-state index in [1.807, 2.05) is 30.3 Å². The van der Waals surface area contributed by atoms with Crippen molar-refractivity contribution in [3.8, 4) is 11.1 Å². The van der Waals surface area contributed by atoms with E-state index >= 15 is 0 Å². The number of carbonyl (C=O) groups excluding carboxylic acids is 1. The maximum Gasteiger partial charge on any atom is 0.340 e. The highest BCUT2D eigenvalue weighted by Gasteiger charge is 2.18. The highest BCUT2D eigenvalue weighted by Crippen LogP contribution is 2.35. The summed E-state index contributed by atoms with van der Waals surface area (Å²) in [5.74, 6) is -0.350. The monoisotopic (exact) mass is 425 g/mol. The van der Waals surface area contributed by atoms with Gasteiger partial charge in [0.1, 0.15) is 11.2 Å². The fraction of sp³-hybridized carbons (Fsp3) is 0.217. The van der Waals surface area contributed by atoms with Crippen molar-refractivity contribution in [1.29, 1.82) is 0 Å². The van der Waals surface area contributed by atoms with Gasteiger partial charge in [0.05, 0.1) is 24.4 Å². The molecule has 0 saturated carbocycles. The molecule has 4 aromatic rings. The Bertz CT molecular complexity index is 1300. The predicted molar refractivity (Wildman–Crippen MR) is 116 cm³/mol. The Kier molecular flexibility index (Phi) is 5.37. The molecule has 1 atom stereocenters. The molecule has 0 aliphatic rings. The van der Waals surface area contributed by atoms with Gasteiger partial charge in [-0.05, 0) is 43.2 Å². The number of hydrogen-bond acceptors (Lipinski definition) is 5. The van der Waals surface area contributed by atoms with Crippen LogP contribution in [0.2, 0.25) is 5.02 Å². The van der Waals surface area contributed by atoms with Crippen LogP contribution in [0.15, 0.2) is 56.3 Å². The maximum atomic E-state index is 12.5. The minimum absolute atomic E-state index is 0.121. The summed E-state index contributed by atoms with van der Waals surface area (Å²) in [6, 6.07) is 11.0. The number of fused-ring (bicyclic) bond motifs is 2. The molecule has 0 bridgehead atoms. The minimum Gasteiger partial charge on any atom is -0.464 e. The maximum absolute atomic E-state index is 12.5. The lowest BCUT2D eigenvalue weighted by Crippen LogP contribution is -2.33. The van der Waals surface area contributed by atoms with Crippen molar-refractivity contribution in [3.05, 3.63) is 69.2 Å². The summed E-state index contributed by atoms with van der Waals surface area (Å²) in [5, 5.41) is 14.2. The average Bonchev–Trinajstić information content (AvgIpc) is 3.12. The van der Waals surface area contributed by atoms with Gasteiger partial charge in [-0.1, -0.05) is 23.7 Å². The molecule has 0 aliphatic heterocycles. The smallest absolute Gasteiger partial charge is 0.340 e. The van der Waals surface area contributed by atoms with Crippen LogP contribution in [0.5, 0.6) is 0 Å². The first-order valence-corrected chi connectivity index (χ1v) is 9.89. The molecular formula is C23H20ClNO5. The number of carbonyl (C=O) groups is 1. The Morgan fingerprint density at radius 3 is 2.60 bits per heavy atom. The fourth-order valence-corrected chi connectivity index (χ4v) is 3.58. The molecular weight excluding hydrogens is 406 g/mol. The average molecular weight is 426 g/mol. The topological polar surface area (TPSA) is 92.7 Å². The zero-order chi connectivity index (χ0) is 21.4. The van der Waals surface area contributed by atoms with Crippen LogP contribution in [0.3, 0.4) is 0 Å². The van der Waals surface area contributed by atoms with Crippen LogP contribution in [0.25, 0.3) is 33.1 Å². The van der Waals surface area contributed by atoms with Crippen LogP contribution >= 0.6 is 11.6 Å². The normalized spacial score (nSPS) is 12.4. The molecule has 0 spiro atoms. The summed E-state index contributed by atoms with van der Waals surface area (Å²) < 4.78 is 11.2. The molecule has 1 amide bonds. The Balaban J connectivity index is 1.80. The molecule has 30 heavy (non-hydrogen) atoms. The van der Waals surface area contributed by atoms with E-state index in [2.05, 4.69) is 5.32 Å². The molecule has 0 unspecified atom stereocenters. The molecule has 2 aromatic heterocycles. The van der Waals surface area contributed by atoms with E-state index in [0.29, 0.717) is 27.3 Å². The zero-order valence-corrected chi connectivity index (χ0v) is 17.2. The molecule has 2 aromatic carbocycles. The summed E-state index contributed by atoms with van der Waals surface area (Å²) in [4.78, 5) is 24.6. The number of nitrogens with one attached hydrogen (secondary N) is 1. The molecule has 2 N–H and O–H groups in total. The molecule has 4 rings (SSSR count). The number of halogens is 1. The van der Waals surface area contributed by atoms with Crippen LogP contribution < -0.4 is 10.9 Å². The van der Waals surface area contributed by atoms with Crippen LogP contribution in [0, 0.1) is 6.92 Å². The Morgan fingerprint density at radius 2 is 1.90 bits per heavy atom. The van der Waals surface area contributed by atoms with Crippen LogP contribution in [0.1, 0.15) is 18.1 Å². The summed E-state index contributed by atoms with van der Waals surface area (Å²) in [5.41, 5.74) is 3.25. The third kappa shape index (κ3) is 3.84. The second-order valence-electron chi connectivity index (χ2n) is 7.32. The first-order chi connectivity index (χ1) is 14.3. The van der Waals surface area contributed by atoms with Crippen molar-refractivity contribution < 1.29 is 18.7 Å². The third-order valence-corrected chi connectivity index (χ3v) is 5.32. The third-order valence-electron chi connectivity index (χ3n) is 5.07. The number of benzene rings is 2. The lowest BCUT2D eigenvalue weighted by Gasteiger charge is -2.10. The molecule has 6 nitrogen and oxygen atoms in total. The number of aryl methyl sites for hydroxylation is 1. The van der Waals surface area contributed by atoms with E-state index in [4.69, 9.17) is 20.4 Å². The van der Waals surface area contributed by atoms with Gasteiger partial charge < -0.3 is 19.3 Å². The van der Waals surface area contributed by atoms with Crippen molar-refractivity contribution >= 4 is 39.4 Å². The van der Waals surface area contributed by atoms with Gasteiger partial charge >= 0.3 is 5.63 Å². The van der Waals surface area contributed by atoms with Crippen LogP contribution in [-0.2, 0) is 11.2 Å². The molecule has 0 saturated heterocycles. The van der Waals surface area contributed by atoms with E-state index < -0.39 is 11.7 Å². The Morgan fingerprint density at radius 1 is 1.17 bits per heavy atom. The highest BCUT2D eigenvalue weighted by atomic mass is 35.5. The molecule has 0 fully saturated rings. The minimum atomic E-state index is -0.663. The predicted octanol–water partition coefficient (Wildman–Crippen LogP) is 4.21. The summed E-state index contributed by atoms with van der Waals surface area (Å²) in [6.45, 7) is 3.49. The van der Waals surface area contributed by atoms with Crippen molar-refractivity contribution in [2.75, 3.05) is 6.54 Å². The van der Waals surface area contributed by atoms with E-state index in [0.717, 1.165) is 21.9 Å². The Hall–Kier alpha value is -3.09. The van der Waals surface area contributed by atoms with Gasteiger partial charge in [0, 0.05) is 34.0 Å². The largest absolute Gasteiger partial charge is 0.464 e. The molecule has 0 radical (unpaired) electrons. The lowest BCUT2D eigenvalue weighted by molar-refractivity contribution is -0.120. The second-order valence-corrected chi connectivity index (χ2v) is 7.76. The van der Waals surface area contributed by atoms with Gasteiger partial charge in [-0.15, -0.1) is 0 Å². The van der Waals surface area contributed by atoms with Gasteiger partial charge in [-0.25, -0.2) is 4.79 Å². The first-order valence-electron chi connectivity index (χ1n) is 9.51. The van der Waals surface area contributed by atoms with E-state index in [1.165, 1.54) is 0 Å². The fourth-order valence-electron chi connectivity index (χ4n) is 3.45. The molecule has 2 heterocycles. The summed E-state index contributed by atoms with van der Waals surface area (Å²) in [7, 11) is 0. The number of furan rings is 1. The van der Waals surface area contributed by atoms with E-state index in [1.54, 1.807) is 26.2 Å². The van der Waals surface area contributed by atoms with Gasteiger partial charge in [0.2, 0.25) is 5.91 Å². The first kappa shape index (κ1) is 20.2. The zero-order valence-electron chi connectivity index (χ0n) is 16.5. The van der Waals surface area contributed by atoms with Crippen molar-refractivity contribution in [2.45, 2.75) is 26.4 Å². The number of amides is 1. The van der Waals surface area contributed by atoms with Gasteiger partial charge in [-0.3, -0.25) is 4.79 Å². The number of aliphatic hydroxyl groups excluding tert-OH is 1. The Labute approximate surface area is 177 Å². The lowest BCUT2D eigenvalue weighted by atomic mass is 9.99. The summed E-state index contributed by atoms with van der Waals surface area (Å²) in [6.07, 6.45) is 0.873. The quantitative estimate of drug-likeness (QED) is 0.467. The van der Waals surface area contributed by atoms with Gasteiger partial charge in [0.15, 0.2) is 0 Å². The standard InChI is InChI=1S/C23H20ClNO5/c1-12(26)10-25-22(27)8-17-13(2)16-7-18-19(14-3-5-15(24)6-4-14)11-29-20(18)9-21(16)30-23(17)28/h3-7,9,11-12,26H,8,10H2,1-2H3,(H,25,27)/t12-/m0/s1.